The summed E-state index contributed by atoms with van der Waals surface area (Å²) in [6, 6.07) is 5.15. The molecule has 3 heterocycles. The number of nitrogens with two attached hydrogens (primary N) is 1. The van der Waals surface area contributed by atoms with Crippen molar-refractivity contribution >= 4 is 23.4 Å². The van der Waals surface area contributed by atoms with Crippen molar-refractivity contribution in [3.8, 4) is 0 Å². The third kappa shape index (κ3) is 3.26. The van der Waals surface area contributed by atoms with Crippen LogP contribution >= 0.6 is 0 Å². The van der Waals surface area contributed by atoms with E-state index in [1.165, 1.54) is 0 Å². The van der Waals surface area contributed by atoms with E-state index in [1.54, 1.807) is 15.9 Å². The summed E-state index contributed by atoms with van der Waals surface area (Å²) >= 11 is 0. The molecule has 3 aliphatic heterocycles. The Morgan fingerprint density at radius 3 is 2.63 bits per heavy atom. The Labute approximate surface area is 159 Å². The number of carbonyl (C=O) groups excluding carboxylic acids is 3. The fraction of sp³-hybridized carbons (Fsp3) is 0.550. The maximum Gasteiger partial charge on any atom is 0.256 e. The van der Waals surface area contributed by atoms with Gasteiger partial charge in [0.15, 0.2) is 0 Å². The molecular formula is C20H26N4O3. The zero-order valence-corrected chi connectivity index (χ0v) is 15.5. The van der Waals surface area contributed by atoms with Crippen molar-refractivity contribution in [3.63, 3.8) is 0 Å². The molecule has 144 valence electrons. The zero-order valence-electron chi connectivity index (χ0n) is 15.5. The number of amides is 3. The Kier molecular flexibility index (Phi) is 4.76. The van der Waals surface area contributed by atoms with E-state index in [9.17, 15) is 14.4 Å². The number of likely N-dealkylation sites (tertiary alicyclic amines) is 2. The Morgan fingerprint density at radius 2 is 1.89 bits per heavy atom. The molecule has 0 saturated carbocycles. The number of nitrogens with zero attached hydrogens (tertiary/aromatic N) is 3. The van der Waals surface area contributed by atoms with E-state index >= 15 is 0 Å². The first-order valence-electron chi connectivity index (χ1n) is 9.81. The molecule has 0 bridgehead atoms. The van der Waals surface area contributed by atoms with Crippen LogP contribution in [0.4, 0.5) is 5.69 Å². The highest BCUT2D eigenvalue weighted by Gasteiger charge is 2.37. The standard InChI is InChI=1S/C20H26N4O3/c21-15-6-3-5-14-13-23(20(27)18(14)15)12-8-17(25)24-11-4-7-16(24)19(26)22-9-1-2-10-22/h3,5-6,16H,1-2,4,7-13,21H2/t16-/m0/s1. The van der Waals surface area contributed by atoms with Crippen LogP contribution in [0.2, 0.25) is 0 Å². The minimum Gasteiger partial charge on any atom is -0.398 e. The molecule has 2 N–H and O–H groups in total. The number of anilines is 1. The summed E-state index contributed by atoms with van der Waals surface area (Å²) in [6.45, 7) is 3.08. The number of hydrogen-bond acceptors (Lipinski definition) is 4. The second kappa shape index (κ2) is 7.21. The number of rotatable bonds is 4. The molecule has 1 aromatic carbocycles. The van der Waals surface area contributed by atoms with Gasteiger partial charge in [0.25, 0.3) is 5.91 Å². The van der Waals surface area contributed by atoms with Crippen molar-refractivity contribution in [2.24, 2.45) is 0 Å². The van der Waals surface area contributed by atoms with Crippen molar-refractivity contribution in [1.29, 1.82) is 0 Å². The van der Waals surface area contributed by atoms with Crippen molar-refractivity contribution in [3.05, 3.63) is 29.3 Å². The van der Waals surface area contributed by atoms with Gasteiger partial charge in [-0.3, -0.25) is 14.4 Å². The van der Waals surface area contributed by atoms with Crippen LogP contribution in [0.1, 0.15) is 48.0 Å². The molecule has 27 heavy (non-hydrogen) atoms. The molecule has 0 aliphatic carbocycles. The monoisotopic (exact) mass is 370 g/mol. The van der Waals surface area contributed by atoms with Crippen molar-refractivity contribution < 1.29 is 14.4 Å². The molecule has 0 aromatic heterocycles. The second-order valence-electron chi connectivity index (χ2n) is 7.64. The van der Waals surface area contributed by atoms with Gasteiger partial charge in [0.05, 0.1) is 5.56 Å². The Hall–Kier alpha value is -2.57. The summed E-state index contributed by atoms with van der Waals surface area (Å²) in [4.78, 5) is 43.3. The van der Waals surface area contributed by atoms with Crippen molar-refractivity contribution in [1.82, 2.24) is 14.7 Å². The highest BCUT2D eigenvalue weighted by Crippen LogP contribution is 2.28. The maximum absolute atomic E-state index is 12.8. The number of fused-ring (bicyclic) bond motifs is 1. The molecular weight excluding hydrogens is 344 g/mol. The van der Waals surface area contributed by atoms with Crippen LogP contribution < -0.4 is 5.73 Å². The second-order valence-corrected chi connectivity index (χ2v) is 7.64. The normalized spacial score (nSPS) is 21.9. The van der Waals surface area contributed by atoms with Crippen LogP contribution in [0.25, 0.3) is 0 Å². The van der Waals surface area contributed by atoms with Gasteiger partial charge in [0.2, 0.25) is 11.8 Å². The number of nitrogen functional groups attached to an aromatic ring is 1. The van der Waals surface area contributed by atoms with Gasteiger partial charge >= 0.3 is 0 Å². The SMILES string of the molecule is Nc1cccc2c1C(=O)N(CCC(=O)N1CCC[C@H]1C(=O)N1CCCC1)C2. The summed E-state index contributed by atoms with van der Waals surface area (Å²) in [5.74, 6) is -0.0560. The van der Waals surface area contributed by atoms with Gasteiger partial charge < -0.3 is 20.4 Å². The predicted molar refractivity (Wildman–Crippen MR) is 101 cm³/mol. The van der Waals surface area contributed by atoms with Gasteiger partial charge in [-0.1, -0.05) is 12.1 Å². The van der Waals surface area contributed by atoms with Crippen LogP contribution in [-0.2, 0) is 16.1 Å². The van der Waals surface area contributed by atoms with Crippen molar-refractivity contribution in [2.45, 2.75) is 44.7 Å². The fourth-order valence-electron chi connectivity index (χ4n) is 4.47. The largest absolute Gasteiger partial charge is 0.398 e. The van der Waals surface area contributed by atoms with E-state index in [2.05, 4.69) is 0 Å². The molecule has 1 aromatic rings. The first-order valence-corrected chi connectivity index (χ1v) is 9.81. The van der Waals surface area contributed by atoms with E-state index in [0.717, 1.165) is 44.3 Å². The van der Waals surface area contributed by atoms with E-state index in [-0.39, 0.29) is 30.2 Å². The molecule has 2 fully saturated rings. The average molecular weight is 370 g/mol. The first-order chi connectivity index (χ1) is 13.1. The number of hydrogen-bond donors (Lipinski definition) is 1. The molecule has 2 saturated heterocycles. The summed E-state index contributed by atoms with van der Waals surface area (Å²) in [7, 11) is 0. The lowest BCUT2D eigenvalue weighted by atomic mass is 10.1. The zero-order chi connectivity index (χ0) is 19.0. The van der Waals surface area contributed by atoms with E-state index < -0.39 is 0 Å². The van der Waals surface area contributed by atoms with Gasteiger partial charge in [-0.05, 0) is 37.3 Å². The summed E-state index contributed by atoms with van der Waals surface area (Å²) in [5.41, 5.74) is 7.89. The molecule has 7 nitrogen and oxygen atoms in total. The van der Waals surface area contributed by atoms with Crippen LogP contribution in [-0.4, -0.2) is 64.6 Å². The molecule has 7 heteroatoms. The molecule has 0 radical (unpaired) electrons. The number of benzene rings is 1. The van der Waals surface area contributed by atoms with Gasteiger partial charge in [-0.15, -0.1) is 0 Å². The Balaban J connectivity index is 1.36. The number of carbonyl (C=O) groups is 3. The third-order valence-electron chi connectivity index (χ3n) is 5.92. The van der Waals surface area contributed by atoms with E-state index in [1.807, 2.05) is 17.0 Å². The summed E-state index contributed by atoms with van der Waals surface area (Å²) < 4.78 is 0. The summed E-state index contributed by atoms with van der Waals surface area (Å²) in [5, 5.41) is 0. The first kappa shape index (κ1) is 17.8. The molecule has 3 amide bonds. The molecule has 3 aliphatic rings. The average Bonchev–Trinajstić information content (AvgIpc) is 3.40. The molecule has 4 rings (SSSR count). The van der Waals surface area contributed by atoms with Crippen molar-refractivity contribution in [2.75, 3.05) is 31.9 Å². The van der Waals surface area contributed by atoms with Gasteiger partial charge in [-0.2, -0.15) is 0 Å². The van der Waals surface area contributed by atoms with Gasteiger partial charge in [0.1, 0.15) is 6.04 Å². The smallest absolute Gasteiger partial charge is 0.256 e. The molecule has 0 unspecified atom stereocenters. The Morgan fingerprint density at radius 1 is 1.11 bits per heavy atom. The lowest BCUT2D eigenvalue weighted by molar-refractivity contribution is -0.143. The topological polar surface area (TPSA) is 87.0 Å². The highest BCUT2D eigenvalue weighted by molar-refractivity contribution is 6.03. The van der Waals surface area contributed by atoms with Crippen LogP contribution in [0, 0.1) is 0 Å². The third-order valence-corrected chi connectivity index (χ3v) is 5.92. The molecule has 1 atom stereocenters. The van der Waals surface area contributed by atoms with Gasteiger partial charge in [-0.25, -0.2) is 0 Å². The summed E-state index contributed by atoms with van der Waals surface area (Å²) in [6.07, 6.45) is 3.94. The van der Waals surface area contributed by atoms with E-state index in [0.29, 0.717) is 30.9 Å². The highest BCUT2D eigenvalue weighted by atomic mass is 16.2. The quantitative estimate of drug-likeness (QED) is 0.808. The Bertz CT molecular complexity index is 772. The lowest BCUT2D eigenvalue weighted by Gasteiger charge is -2.28. The lowest BCUT2D eigenvalue weighted by Crippen LogP contribution is -2.47. The maximum atomic E-state index is 12.8. The van der Waals surface area contributed by atoms with Gasteiger partial charge in [0, 0.05) is 44.8 Å². The fourth-order valence-corrected chi connectivity index (χ4v) is 4.47. The predicted octanol–water partition coefficient (Wildman–Crippen LogP) is 1.23. The van der Waals surface area contributed by atoms with E-state index in [4.69, 9.17) is 5.73 Å². The van der Waals surface area contributed by atoms with Crippen LogP contribution in [0.3, 0.4) is 0 Å². The molecule has 0 spiro atoms. The van der Waals surface area contributed by atoms with Crippen LogP contribution in [0.15, 0.2) is 18.2 Å². The minimum absolute atomic E-state index is 0.0400. The minimum atomic E-state index is -0.322. The van der Waals surface area contributed by atoms with Crippen LogP contribution in [0.5, 0.6) is 0 Å².